The molecule has 0 bridgehead atoms. The molecule has 1 aliphatic heterocycles. The number of rotatable bonds is 1. The van der Waals surface area contributed by atoms with Gasteiger partial charge in [-0.2, -0.15) is 11.8 Å². The molecular formula is C11H15BrClN3S. The largest absolute Gasteiger partial charge is 0.355 e. The fourth-order valence-electron chi connectivity index (χ4n) is 1.79. The third-order valence-electron chi connectivity index (χ3n) is 2.87. The van der Waals surface area contributed by atoms with Gasteiger partial charge < -0.3 is 4.90 Å². The first kappa shape index (κ1) is 13.4. The lowest BCUT2D eigenvalue weighted by atomic mass is 10.1. The Labute approximate surface area is 119 Å². The maximum Gasteiger partial charge on any atom is 0.148 e. The van der Waals surface area contributed by atoms with Gasteiger partial charge in [-0.15, -0.1) is 0 Å². The van der Waals surface area contributed by atoms with Gasteiger partial charge in [-0.05, 0) is 22.4 Å². The average Bonchev–Trinajstić information content (AvgIpc) is 2.44. The summed E-state index contributed by atoms with van der Waals surface area (Å²) < 4.78 is 1.14. The summed E-state index contributed by atoms with van der Waals surface area (Å²) in [5, 5.41) is 0.478. The second-order valence-corrected chi connectivity index (χ2v) is 7.60. The minimum absolute atomic E-state index is 0.345. The molecule has 0 atom stereocenters. The Kier molecular flexibility index (Phi) is 4.21. The van der Waals surface area contributed by atoms with Crippen molar-refractivity contribution in [3.8, 4) is 0 Å². The Morgan fingerprint density at radius 3 is 2.94 bits per heavy atom. The zero-order chi connectivity index (χ0) is 12.5. The molecule has 1 aliphatic rings. The van der Waals surface area contributed by atoms with Gasteiger partial charge in [-0.3, -0.25) is 0 Å². The molecule has 0 N–H and O–H groups in total. The SMILES string of the molecule is CC1(C)CCN(c2ncnc(Cl)c2Br)CCS1. The smallest absolute Gasteiger partial charge is 0.148 e. The highest BCUT2D eigenvalue weighted by Crippen LogP contribution is 2.35. The Morgan fingerprint density at radius 2 is 2.18 bits per heavy atom. The molecule has 1 saturated heterocycles. The number of anilines is 1. The minimum Gasteiger partial charge on any atom is -0.355 e. The van der Waals surface area contributed by atoms with Crippen LogP contribution in [0.25, 0.3) is 0 Å². The van der Waals surface area contributed by atoms with Crippen LogP contribution in [0.15, 0.2) is 10.8 Å². The molecule has 0 aromatic carbocycles. The van der Waals surface area contributed by atoms with Crippen molar-refractivity contribution in [2.24, 2.45) is 0 Å². The first-order valence-corrected chi connectivity index (χ1v) is 7.70. The lowest BCUT2D eigenvalue weighted by Gasteiger charge is -2.24. The van der Waals surface area contributed by atoms with Crippen LogP contribution in [0.4, 0.5) is 5.82 Å². The Morgan fingerprint density at radius 1 is 1.41 bits per heavy atom. The van der Waals surface area contributed by atoms with E-state index in [0.717, 1.165) is 35.6 Å². The third kappa shape index (κ3) is 3.26. The van der Waals surface area contributed by atoms with Gasteiger partial charge in [-0.25, -0.2) is 9.97 Å². The van der Waals surface area contributed by atoms with Crippen LogP contribution in [0.3, 0.4) is 0 Å². The van der Waals surface area contributed by atoms with E-state index in [1.165, 1.54) is 6.33 Å². The number of hydrogen-bond donors (Lipinski definition) is 0. The number of halogens is 2. The van der Waals surface area contributed by atoms with E-state index >= 15 is 0 Å². The van der Waals surface area contributed by atoms with Crippen LogP contribution in [0, 0.1) is 0 Å². The van der Waals surface area contributed by atoms with Gasteiger partial charge in [0.25, 0.3) is 0 Å². The molecule has 0 radical (unpaired) electrons. The van der Waals surface area contributed by atoms with Gasteiger partial charge >= 0.3 is 0 Å². The zero-order valence-electron chi connectivity index (χ0n) is 9.91. The predicted octanol–water partition coefficient (Wildman–Crippen LogP) is 3.61. The molecule has 0 saturated carbocycles. The molecule has 6 heteroatoms. The van der Waals surface area contributed by atoms with Crippen molar-refractivity contribution >= 4 is 45.1 Å². The molecule has 0 unspecified atom stereocenters. The number of nitrogens with zero attached hydrogens (tertiary/aromatic N) is 3. The van der Waals surface area contributed by atoms with E-state index in [1.54, 1.807) is 0 Å². The fraction of sp³-hybridized carbons (Fsp3) is 0.636. The molecule has 17 heavy (non-hydrogen) atoms. The highest BCUT2D eigenvalue weighted by atomic mass is 79.9. The molecule has 2 rings (SSSR count). The molecule has 1 aromatic rings. The van der Waals surface area contributed by atoms with E-state index in [0.29, 0.717) is 9.90 Å². The number of thioether (sulfide) groups is 1. The van der Waals surface area contributed by atoms with Gasteiger partial charge in [-0.1, -0.05) is 25.4 Å². The standard InChI is InChI=1S/C11H15BrClN3S/c1-11(2)3-4-16(5-6-17-11)10-8(12)9(13)14-7-15-10/h7H,3-6H2,1-2H3. The lowest BCUT2D eigenvalue weighted by molar-refractivity contribution is 0.634. The summed E-state index contributed by atoms with van der Waals surface area (Å²) in [5.74, 6) is 2.02. The van der Waals surface area contributed by atoms with Gasteiger partial charge in [0.1, 0.15) is 17.3 Å². The van der Waals surface area contributed by atoms with Crippen LogP contribution in [-0.4, -0.2) is 33.6 Å². The van der Waals surface area contributed by atoms with E-state index in [9.17, 15) is 0 Å². The first-order valence-electron chi connectivity index (χ1n) is 5.54. The summed E-state index contributed by atoms with van der Waals surface area (Å²) in [6, 6.07) is 0. The zero-order valence-corrected chi connectivity index (χ0v) is 13.1. The summed E-state index contributed by atoms with van der Waals surface area (Å²) in [7, 11) is 0. The van der Waals surface area contributed by atoms with Crippen LogP contribution in [-0.2, 0) is 0 Å². The van der Waals surface area contributed by atoms with E-state index < -0.39 is 0 Å². The van der Waals surface area contributed by atoms with E-state index in [-0.39, 0.29) is 0 Å². The summed E-state index contributed by atoms with van der Waals surface area (Å²) in [6.45, 7) is 6.60. The van der Waals surface area contributed by atoms with Crippen LogP contribution >= 0.6 is 39.3 Å². The van der Waals surface area contributed by atoms with Gasteiger partial charge in [0.2, 0.25) is 0 Å². The highest BCUT2D eigenvalue weighted by molar-refractivity contribution is 9.10. The van der Waals surface area contributed by atoms with Crippen molar-refractivity contribution in [2.75, 3.05) is 23.7 Å². The summed E-state index contributed by atoms with van der Waals surface area (Å²) in [5.41, 5.74) is 0. The van der Waals surface area contributed by atoms with Crippen LogP contribution < -0.4 is 4.90 Å². The maximum atomic E-state index is 6.00. The van der Waals surface area contributed by atoms with Crippen LogP contribution in [0.5, 0.6) is 0 Å². The van der Waals surface area contributed by atoms with E-state index in [1.807, 2.05) is 11.8 Å². The van der Waals surface area contributed by atoms with Crippen molar-refractivity contribution in [3.05, 3.63) is 16.0 Å². The molecule has 1 fully saturated rings. The van der Waals surface area contributed by atoms with Crippen molar-refractivity contribution in [3.63, 3.8) is 0 Å². The van der Waals surface area contributed by atoms with Crippen molar-refractivity contribution in [1.29, 1.82) is 0 Å². The Bertz CT molecular complexity index is 414. The van der Waals surface area contributed by atoms with Gasteiger partial charge in [0.05, 0.1) is 4.47 Å². The summed E-state index contributed by atoms with van der Waals surface area (Å²) in [6.07, 6.45) is 2.66. The molecule has 0 aliphatic carbocycles. The Balaban J connectivity index is 2.20. The van der Waals surface area contributed by atoms with Gasteiger partial charge in [0.15, 0.2) is 0 Å². The minimum atomic E-state index is 0.345. The fourth-order valence-corrected chi connectivity index (χ4v) is 3.48. The molecule has 94 valence electrons. The number of aromatic nitrogens is 2. The monoisotopic (exact) mass is 335 g/mol. The van der Waals surface area contributed by atoms with Crippen molar-refractivity contribution in [2.45, 2.75) is 25.0 Å². The molecule has 2 heterocycles. The second kappa shape index (κ2) is 5.33. The maximum absolute atomic E-state index is 6.00. The Hall–Kier alpha value is -0.000000000000000222. The van der Waals surface area contributed by atoms with Crippen molar-refractivity contribution in [1.82, 2.24) is 9.97 Å². The predicted molar refractivity (Wildman–Crippen MR) is 78.1 cm³/mol. The van der Waals surface area contributed by atoms with Crippen molar-refractivity contribution < 1.29 is 0 Å². The molecular weight excluding hydrogens is 322 g/mol. The summed E-state index contributed by atoms with van der Waals surface area (Å²) in [4.78, 5) is 10.6. The number of hydrogen-bond acceptors (Lipinski definition) is 4. The van der Waals surface area contributed by atoms with E-state index in [4.69, 9.17) is 11.6 Å². The quantitative estimate of drug-likeness (QED) is 0.733. The third-order valence-corrected chi connectivity index (χ3v) is 5.48. The molecule has 0 spiro atoms. The topological polar surface area (TPSA) is 29.0 Å². The molecule has 1 aromatic heterocycles. The van der Waals surface area contributed by atoms with Crippen LogP contribution in [0.1, 0.15) is 20.3 Å². The van der Waals surface area contributed by atoms with Crippen LogP contribution in [0.2, 0.25) is 5.15 Å². The normalized spacial score (nSPS) is 20.1. The van der Waals surface area contributed by atoms with Gasteiger partial charge in [0, 0.05) is 23.6 Å². The first-order chi connectivity index (χ1) is 7.99. The average molecular weight is 337 g/mol. The summed E-state index contributed by atoms with van der Waals surface area (Å²) >= 11 is 11.5. The van der Waals surface area contributed by atoms with E-state index in [2.05, 4.69) is 44.6 Å². The molecule has 0 amide bonds. The lowest BCUT2D eigenvalue weighted by Crippen LogP contribution is -2.28. The highest BCUT2D eigenvalue weighted by Gasteiger charge is 2.25. The molecule has 3 nitrogen and oxygen atoms in total. The second-order valence-electron chi connectivity index (χ2n) is 4.65.